The number of hydrogen-bond donors (Lipinski definition) is 0. The summed E-state index contributed by atoms with van der Waals surface area (Å²) in [6, 6.07) is 6.20. The molecule has 3 rings (SSSR count). The number of piperazine rings is 1. The molecule has 0 spiro atoms. The molecule has 27 heavy (non-hydrogen) atoms. The molecule has 2 heterocycles. The summed E-state index contributed by atoms with van der Waals surface area (Å²) in [5.74, 6) is 1.04. The number of nitrogens with zero attached hydrogens (tertiary/aromatic N) is 3. The lowest BCUT2D eigenvalue weighted by atomic mass is 9.92. The van der Waals surface area contributed by atoms with Crippen LogP contribution in [0.1, 0.15) is 25.8 Å². The molecule has 2 saturated heterocycles. The van der Waals surface area contributed by atoms with Crippen molar-refractivity contribution in [1.82, 2.24) is 14.7 Å². The van der Waals surface area contributed by atoms with E-state index in [0.717, 1.165) is 13.1 Å². The van der Waals surface area contributed by atoms with E-state index in [2.05, 4.69) is 18.7 Å². The van der Waals surface area contributed by atoms with Crippen LogP contribution >= 0.6 is 0 Å². The number of benzene rings is 1. The maximum absolute atomic E-state index is 13.3. The Morgan fingerprint density at radius 2 is 1.67 bits per heavy atom. The number of halogens is 1. The van der Waals surface area contributed by atoms with Crippen LogP contribution in [0.15, 0.2) is 24.3 Å². The normalized spacial score (nSPS) is 24.1. The molecule has 1 aromatic carbocycles. The largest absolute Gasteiger partial charge is 0.341 e. The predicted octanol–water partition coefficient (Wildman–Crippen LogP) is 2.02. The number of piperidine rings is 1. The lowest BCUT2D eigenvalue weighted by molar-refractivity contribution is -0.136. The van der Waals surface area contributed by atoms with Crippen LogP contribution in [0.5, 0.6) is 0 Å². The van der Waals surface area contributed by atoms with Gasteiger partial charge >= 0.3 is 0 Å². The van der Waals surface area contributed by atoms with Gasteiger partial charge in [0.05, 0.1) is 13.0 Å². The average Bonchev–Trinajstić information content (AvgIpc) is 2.61. The smallest absolute Gasteiger partial charge is 0.236 e. The van der Waals surface area contributed by atoms with Crippen LogP contribution in [0, 0.1) is 17.7 Å². The van der Waals surface area contributed by atoms with Gasteiger partial charge in [0.2, 0.25) is 11.8 Å². The first kappa shape index (κ1) is 19.8. The van der Waals surface area contributed by atoms with Gasteiger partial charge in [-0.2, -0.15) is 0 Å². The van der Waals surface area contributed by atoms with Gasteiger partial charge in [-0.15, -0.1) is 0 Å². The third-order valence-corrected chi connectivity index (χ3v) is 5.55. The van der Waals surface area contributed by atoms with E-state index in [1.807, 2.05) is 9.80 Å². The highest BCUT2D eigenvalue weighted by Crippen LogP contribution is 2.21. The molecule has 148 valence electrons. The lowest BCUT2D eigenvalue weighted by Gasteiger charge is -2.38. The van der Waals surface area contributed by atoms with Crippen LogP contribution in [0.2, 0.25) is 0 Å². The summed E-state index contributed by atoms with van der Waals surface area (Å²) in [6.07, 6.45) is 1.41. The molecule has 0 bridgehead atoms. The quantitative estimate of drug-likeness (QED) is 0.809. The second-order valence-corrected chi connectivity index (χ2v) is 8.21. The number of likely N-dealkylation sites (tertiary alicyclic amines) is 1. The molecule has 0 aromatic heterocycles. The number of amides is 2. The molecule has 2 aliphatic heterocycles. The molecule has 0 radical (unpaired) electrons. The van der Waals surface area contributed by atoms with Gasteiger partial charge in [-0.05, 0) is 36.0 Å². The maximum Gasteiger partial charge on any atom is 0.236 e. The van der Waals surface area contributed by atoms with E-state index in [1.54, 1.807) is 12.1 Å². The first-order chi connectivity index (χ1) is 12.9. The van der Waals surface area contributed by atoms with Crippen LogP contribution in [0.25, 0.3) is 0 Å². The molecule has 2 unspecified atom stereocenters. The molecule has 0 aliphatic carbocycles. The molecule has 2 atom stereocenters. The zero-order valence-corrected chi connectivity index (χ0v) is 16.4. The zero-order valence-electron chi connectivity index (χ0n) is 16.4. The minimum absolute atomic E-state index is 0.0188. The minimum atomic E-state index is -0.315. The number of carbonyl (C=O) groups is 2. The van der Waals surface area contributed by atoms with Gasteiger partial charge in [-0.25, -0.2) is 4.39 Å². The summed E-state index contributed by atoms with van der Waals surface area (Å²) in [7, 11) is 0. The molecular weight excluding hydrogens is 345 g/mol. The van der Waals surface area contributed by atoms with E-state index < -0.39 is 0 Å². The predicted molar refractivity (Wildman–Crippen MR) is 103 cm³/mol. The Morgan fingerprint density at radius 3 is 2.30 bits per heavy atom. The SMILES string of the molecule is CC1CC(C)CN(C(=O)CN2CCN(C(=O)Cc3cccc(F)c3)CC2)C1. The third-order valence-electron chi connectivity index (χ3n) is 5.55. The molecule has 6 heteroatoms. The number of carbonyl (C=O) groups excluding carboxylic acids is 2. The summed E-state index contributed by atoms with van der Waals surface area (Å²) in [5, 5.41) is 0. The summed E-state index contributed by atoms with van der Waals surface area (Å²) in [6.45, 7) is 9.22. The van der Waals surface area contributed by atoms with E-state index in [4.69, 9.17) is 0 Å². The van der Waals surface area contributed by atoms with Crippen molar-refractivity contribution in [3.63, 3.8) is 0 Å². The maximum atomic E-state index is 13.3. The van der Waals surface area contributed by atoms with Crippen molar-refractivity contribution >= 4 is 11.8 Å². The van der Waals surface area contributed by atoms with Gasteiger partial charge in [0.25, 0.3) is 0 Å². The van der Waals surface area contributed by atoms with Gasteiger partial charge in [-0.3, -0.25) is 14.5 Å². The Hall–Kier alpha value is -1.95. The highest BCUT2D eigenvalue weighted by Gasteiger charge is 2.28. The van der Waals surface area contributed by atoms with E-state index in [9.17, 15) is 14.0 Å². The van der Waals surface area contributed by atoms with Crippen LogP contribution in [0.4, 0.5) is 4.39 Å². The topological polar surface area (TPSA) is 43.9 Å². The number of rotatable bonds is 4. The van der Waals surface area contributed by atoms with Crippen LogP contribution in [-0.4, -0.2) is 72.3 Å². The summed E-state index contributed by atoms with van der Waals surface area (Å²) < 4.78 is 13.3. The molecule has 1 aromatic rings. The van der Waals surface area contributed by atoms with Crippen LogP contribution in [0.3, 0.4) is 0 Å². The Morgan fingerprint density at radius 1 is 1.00 bits per heavy atom. The van der Waals surface area contributed by atoms with Crippen LogP contribution < -0.4 is 0 Å². The Balaban J connectivity index is 1.44. The Bertz CT molecular complexity index is 663. The van der Waals surface area contributed by atoms with Gasteiger partial charge < -0.3 is 9.80 Å². The molecule has 5 nitrogen and oxygen atoms in total. The van der Waals surface area contributed by atoms with Crippen molar-refractivity contribution in [2.75, 3.05) is 45.8 Å². The fraction of sp³-hybridized carbons (Fsp3) is 0.619. The van der Waals surface area contributed by atoms with Crippen molar-refractivity contribution in [3.8, 4) is 0 Å². The number of hydrogen-bond acceptors (Lipinski definition) is 3. The lowest BCUT2D eigenvalue weighted by Crippen LogP contribution is -2.53. The van der Waals surface area contributed by atoms with Crippen molar-refractivity contribution in [3.05, 3.63) is 35.6 Å². The highest BCUT2D eigenvalue weighted by atomic mass is 19.1. The van der Waals surface area contributed by atoms with Crippen LogP contribution in [-0.2, 0) is 16.0 Å². The first-order valence-electron chi connectivity index (χ1n) is 9.93. The molecule has 0 N–H and O–H groups in total. The monoisotopic (exact) mass is 375 g/mol. The molecule has 2 aliphatic rings. The first-order valence-corrected chi connectivity index (χ1v) is 9.93. The van der Waals surface area contributed by atoms with Crippen molar-refractivity contribution in [2.45, 2.75) is 26.7 Å². The second kappa shape index (κ2) is 8.83. The van der Waals surface area contributed by atoms with E-state index in [1.165, 1.54) is 18.6 Å². The standard InChI is InChI=1S/C21H30FN3O2/c1-16-10-17(2)14-25(13-16)21(27)15-23-6-8-24(9-7-23)20(26)12-18-4-3-5-19(22)11-18/h3-5,11,16-17H,6-10,12-15H2,1-2H3. The molecule has 2 fully saturated rings. The Labute approximate surface area is 161 Å². The van der Waals surface area contributed by atoms with Crippen molar-refractivity contribution < 1.29 is 14.0 Å². The van der Waals surface area contributed by atoms with E-state index in [0.29, 0.717) is 50.1 Å². The van der Waals surface area contributed by atoms with Gasteiger partial charge in [-0.1, -0.05) is 26.0 Å². The fourth-order valence-corrected chi connectivity index (χ4v) is 4.25. The highest BCUT2D eigenvalue weighted by molar-refractivity contribution is 5.79. The molecule has 2 amide bonds. The van der Waals surface area contributed by atoms with Gasteiger partial charge in [0.15, 0.2) is 0 Å². The van der Waals surface area contributed by atoms with E-state index >= 15 is 0 Å². The van der Waals surface area contributed by atoms with E-state index in [-0.39, 0.29) is 24.1 Å². The van der Waals surface area contributed by atoms with Crippen molar-refractivity contribution in [2.24, 2.45) is 11.8 Å². The summed E-state index contributed by atoms with van der Waals surface area (Å²) in [5.41, 5.74) is 0.700. The average molecular weight is 375 g/mol. The van der Waals surface area contributed by atoms with Gasteiger partial charge in [0.1, 0.15) is 5.82 Å². The third kappa shape index (κ3) is 5.51. The zero-order chi connectivity index (χ0) is 19.4. The second-order valence-electron chi connectivity index (χ2n) is 8.21. The van der Waals surface area contributed by atoms with Gasteiger partial charge in [0, 0.05) is 39.3 Å². The fourth-order valence-electron chi connectivity index (χ4n) is 4.25. The minimum Gasteiger partial charge on any atom is -0.341 e. The molecular formula is C21H30FN3O2. The molecule has 0 saturated carbocycles. The summed E-state index contributed by atoms with van der Waals surface area (Å²) >= 11 is 0. The van der Waals surface area contributed by atoms with Crippen molar-refractivity contribution in [1.29, 1.82) is 0 Å². The summed E-state index contributed by atoms with van der Waals surface area (Å²) in [4.78, 5) is 31.0. The Kier molecular flexibility index (Phi) is 6.47.